The molecule has 2 aromatic carbocycles. The number of carbonyl (C=O) groups is 1. The molecule has 1 heterocycles. The van der Waals surface area contributed by atoms with Crippen LogP contribution in [-0.2, 0) is 18.5 Å². The Balaban J connectivity index is 1.64. The molecule has 1 aromatic heterocycles. The van der Waals surface area contributed by atoms with Crippen molar-refractivity contribution in [2.45, 2.75) is 34.3 Å². The second kappa shape index (κ2) is 8.95. The van der Waals surface area contributed by atoms with E-state index in [1.54, 1.807) is 10.9 Å². The first-order chi connectivity index (χ1) is 14.3. The second-order valence-electron chi connectivity index (χ2n) is 8.13. The number of carbonyl (C=O) groups excluding carboxylic acids is 1. The molecule has 0 saturated heterocycles. The van der Waals surface area contributed by atoms with Gasteiger partial charge in [0, 0.05) is 18.0 Å². The fraction of sp³-hybridized carbons (Fsp3) is 0.292. The molecule has 0 aliphatic heterocycles. The third-order valence-electron chi connectivity index (χ3n) is 4.56. The highest BCUT2D eigenvalue weighted by Gasteiger charge is 2.22. The van der Waals surface area contributed by atoms with Crippen LogP contribution >= 0.6 is 0 Å². The Kier molecular flexibility index (Phi) is 6.35. The van der Waals surface area contributed by atoms with Crippen molar-refractivity contribution in [2.24, 2.45) is 17.6 Å². The number of ketones is 1. The molecule has 0 aliphatic carbocycles. The summed E-state index contributed by atoms with van der Waals surface area (Å²) in [6, 6.07) is 16.9. The van der Waals surface area contributed by atoms with Gasteiger partial charge in [0.25, 0.3) is 0 Å². The number of benzene rings is 2. The summed E-state index contributed by atoms with van der Waals surface area (Å²) in [5.74, 6) is 1.43. The molecule has 0 amide bonds. The molecule has 0 unspecified atom stereocenters. The average Bonchev–Trinajstić information content (AvgIpc) is 2.98. The number of aromatic nitrogens is 2. The number of nitrogens with zero attached hydrogens (tertiary/aromatic N) is 3. The molecule has 0 radical (unpaired) electrons. The van der Waals surface area contributed by atoms with Crippen LogP contribution < -0.4 is 4.74 Å². The lowest BCUT2D eigenvalue weighted by Crippen LogP contribution is -2.20. The standard InChI is InChI=1S/C24H27N3O3/c1-17-21(23(27(5)26-17)30-20-9-7-6-8-10-20)15-25-29-16-18-11-13-19(14-12-18)22(28)24(2,3)4/h6-15H,16H2,1-5H3. The van der Waals surface area contributed by atoms with Crippen molar-refractivity contribution < 1.29 is 14.4 Å². The van der Waals surface area contributed by atoms with Gasteiger partial charge in [0.05, 0.1) is 17.5 Å². The lowest BCUT2D eigenvalue weighted by Gasteiger charge is -2.16. The minimum absolute atomic E-state index is 0.117. The number of oxime groups is 1. The maximum absolute atomic E-state index is 12.3. The molecule has 3 aromatic rings. The zero-order valence-corrected chi connectivity index (χ0v) is 18.0. The summed E-state index contributed by atoms with van der Waals surface area (Å²) in [7, 11) is 1.82. The van der Waals surface area contributed by atoms with E-state index in [-0.39, 0.29) is 5.78 Å². The van der Waals surface area contributed by atoms with Gasteiger partial charge in [0.15, 0.2) is 5.78 Å². The Hall–Kier alpha value is -3.41. The zero-order valence-electron chi connectivity index (χ0n) is 18.0. The van der Waals surface area contributed by atoms with Gasteiger partial charge < -0.3 is 9.57 Å². The Morgan fingerprint density at radius 1 is 1.10 bits per heavy atom. The van der Waals surface area contributed by atoms with Crippen molar-refractivity contribution >= 4 is 12.0 Å². The third-order valence-corrected chi connectivity index (χ3v) is 4.56. The molecular weight excluding hydrogens is 378 g/mol. The average molecular weight is 405 g/mol. The van der Waals surface area contributed by atoms with Crippen LogP contribution in [0.1, 0.15) is 48.0 Å². The van der Waals surface area contributed by atoms with E-state index in [4.69, 9.17) is 9.57 Å². The van der Waals surface area contributed by atoms with E-state index in [1.165, 1.54) is 0 Å². The zero-order chi connectivity index (χ0) is 21.7. The maximum atomic E-state index is 12.3. The van der Waals surface area contributed by atoms with E-state index in [0.717, 1.165) is 22.6 Å². The van der Waals surface area contributed by atoms with Gasteiger partial charge in [-0.25, -0.2) is 4.68 Å². The summed E-state index contributed by atoms with van der Waals surface area (Å²) < 4.78 is 7.64. The Bertz CT molecular complexity index is 1030. The van der Waals surface area contributed by atoms with Gasteiger partial charge in [-0.05, 0) is 24.6 Å². The lowest BCUT2D eigenvalue weighted by atomic mass is 9.86. The van der Waals surface area contributed by atoms with Crippen LogP contribution in [0.4, 0.5) is 0 Å². The van der Waals surface area contributed by atoms with Crippen LogP contribution in [-0.4, -0.2) is 21.8 Å². The quantitative estimate of drug-likeness (QED) is 0.304. The molecule has 0 aliphatic rings. The first kappa shape index (κ1) is 21.3. The van der Waals surface area contributed by atoms with Crippen LogP contribution in [0.25, 0.3) is 0 Å². The Morgan fingerprint density at radius 2 is 1.77 bits per heavy atom. The molecule has 6 nitrogen and oxygen atoms in total. The highest BCUT2D eigenvalue weighted by molar-refractivity contribution is 5.99. The first-order valence-electron chi connectivity index (χ1n) is 9.81. The molecule has 3 rings (SSSR count). The largest absolute Gasteiger partial charge is 0.439 e. The predicted octanol–water partition coefficient (Wildman–Crippen LogP) is 5.30. The number of aryl methyl sites for hydroxylation is 2. The number of Topliss-reactive ketones (excluding diaryl/α,β-unsaturated/α-hetero) is 1. The monoisotopic (exact) mass is 405 g/mol. The van der Waals surface area contributed by atoms with Crippen LogP contribution in [0.5, 0.6) is 11.6 Å². The summed E-state index contributed by atoms with van der Waals surface area (Å²) in [6.45, 7) is 7.94. The first-order valence-corrected chi connectivity index (χ1v) is 9.81. The summed E-state index contributed by atoms with van der Waals surface area (Å²) in [5, 5.41) is 8.49. The molecule has 30 heavy (non-hydrogen) atoms. The summed E-state index contributed by atoms with van der Waals surface area (Å²) in [6.07, 6.45) is 1.61. The highest BCUT2D eigenvalue weighted by Crippen LogP contribution is 2.26. The van der Waals surface area contributed by atoms with Gasteiger partial charge in [0.1, 0.15) is 12.4 Å². The van der Waals surface area contributed by atoms with E-state index < -0.39 is 5.41 Å². The number of ether oxygens (including phenoxy) is 1. The van der Waals surface area contributed by atoms with E-state index in [2.05, 4.69) is 10.3 Å². The van der Waals surface area contributed by atoms with Crippen molar-refractivity contribution in [3.05, 3.63) is 77.0 Å². The molecule has 0 spiro atoms. The van der Waals surface area contributed by atoms with Gasteiger partial charge in [-0.15, -0.1) is 0 Å². The van der Waals surface area contributed by atoms with E-state index in [1.807, 2.05) is 89.3 Å². The van der Waals surface area contributed by atoms with E-state index in [9.17, 15) is 4.79 Å². The lowest BCUT2D eigenvalue weighted by molar-refractivity contribution is 0.0858. The van der Waals surface area contributed by atoms with E-state index >= 15 is 0 Å². The van der Waals surface area contributed by atoms with Crippen molar-refractivity contribution in [3.63, 3.8) is 0 Å². The topological polar surface area (TPSA) is 65.7 Å². The highest BCUT2D eigenvalue weighted by atomic mass is 16.6. The van der Waals surface area contributed by atoms with Crippen LogP contribution in [0.15, 0.2) is 59.8 Å². The van der Waals surface area contributed by atoms with Gasteiger partial charge in [-0.3, -0.25) is 4.79 Å². The SMILES string of the molecule is Cc1nn(C)c(Oc2ccccc2)c1C=NOCc1ccc(C(=O)C(C)(C)C)cc1. The fourth-order valence-corrected chi connectivity index (χ4v) is 2.91. The minimum atomic E-state index is -0.399. The van der Waals surface area contributed by atoms with Crippen LogP contribution in [0, 0.1) is 12.3 Å². The van der Waals surface area contributed by atoms with Crippen molar-refractivity contribution in [1.82, 2.24) is 9.78 Å². The number of hydrogen-bond acceptors (Lipinski definition) is 5. The smallest absolute Gasteiger partial charge is 0.226 e. The van der Waals surface area contributed by atoms with Crippen LogP contribution in [0.2, 0.25) is 0 Å². The molecular formula is C24H27N3O3. The molecule has 6 heteroatoms. The number of hydrogen-bond donors (Lipinski definition) is 0. The maximum Gasteiger partial charge on any atom is 0.226 e. The van der Waals surface area contributed by atoms with Crippen molar-refractivity contribution in [1.29, 1.82) is 0 Å². The van der Waals surface area contributed by atoms with Gasteiger partial charge in [-0.1, -0.05) is 68.4 Å². The summed E-state index contributed by atoms with van der Waals surface area (Å²) in [5.41, 5.74) is 2.78. The normalized spacial score (nSPS) is 11.6. The third kappa shape index (κ3) is 5.14. The van der Waals surface area contributed by atoms with Crippen molar-refractivity contribution in [3.8, 4) is 11.6 Å². The Labute approximate surface area is 177 Å². The number of rotatable bonds is 7. The van der Waals surface area contributed by atoms with Crippen molar-refractivity contribution in [2.75, 3.05) is 0 Å². The van der Waals surface area contributed by atoms with Crippen LogP contribution in [0.3, 0.4) is 0 Å². The molecule has 0 N–H and O–H groups in total. The fourth-order valence-electron chi connectivity index (χ4n) is 2.91. The minimum Gasteiger partial charge on any atom is -0.439 e. The molecule has 0 fully saturated rings. The predicted molar refractivity (Wildman–Crippen MR) is 117 cm³/mol. The molecule has 156 valence electrons. The van der Waals surface area contributed by atoms with Gasteiger partial charge >= 0.3 is 0 Å². The summed E-state index contributed by atoms with van der Waals surface area (Å²) >= 11 is 0. The Morgan fingerprint density at radius 3 is 2.40 bits per heavy atom. The van der Waals surface area contributed by atoms with Gasteiger partial charge in [-0.2, -0.15) is 5.10 Å². The molecule has 0 bridgehead atoms. The second-order valence-corrected chi connectivity index (χ2v) is 8.13. The number of para-hydroxylation sites is 1. The van der Waals surface area contributed by atoms with Gasteiger partial charge in [0.2, 0.25) is 5.88 Å². The van der Waals surface area contributed by atoms with E-state index in [0.29, 0.717) is 18.1 Å². The molecule has 0 atom stereocenters. The summed E-state index contributed by atoms with van der Waals surface area (Å²) in [4.78, 5) is 17.8. The molecule has 0 saturated carbocycles.